The zero-order valence-corrected chi connectivity index (χ0v) is 16.4. The lowest BCUT2D eigenvalue weighted by Crippen LogP contribution is -2.52. The average molecular weight is 402 g/mol. The monoisotopic (exact) mass is 402 g/mol. The predicted molar refractivity (Wildman–Crippen MR) is 104 cm³/mol. The Labute approximate surface area is 172 Å². The molecular weight excluding hydrogens is 384 g/mol. The van der Waals surface area contributed by atoms with Gasteiger partial charge in [0.2, 0.25) is 0 Å². The summed E-state index contributed by atoms with van der Waals surface area (Å²) in [6, 6.07) is 12.2. The lowest BCUT2D eigenvalue weighted by molar-refractivity contribution is -0.142. The van der Waals surface area contributed by atoms with Crippen LogP contribution in [0.1, 0.15) is 11.1 Å². The zero-order chi connectivity index (χ0) is 20.4. The van der Waals surface area contributed by atoms with Gasteiger partial charge in [0.15, 0.2) is 0 Å². The number of ether oxygens (including phenoxy) is 4. The number of methoxy groups -OCH3 is 2. The maximum atomic E-state index is 13.1. The third-order valence-electron chi connectivity index (χ3n) is 7.64. The third kappa shape index (κ3) is 1.48. The van der Waals surface area contributed by atoms with Gasteiger partial charge in [0, 0.05) is 11.8 Å². The fourth-order valence-electron chi connectivity index (χ4n) is 6.84. The third-order valence-corrected chi connectivity index (χ3v) is 7.64. The van der Waals surface area contributed by atoms with Crippen LogP contribution < -0.4 is 0 Å². The Balaban J connectivity index is 1.67. The van der Waals surface area contributed by atoms with E-state index in [4.69, 9.17) is 18.9 Å². The minimum absolute atomic E-state index is 0.0823. The number of benzene rings is 2. The highest BCUT2D eigenvalue weighted by Crippen LogP contribution is 2.74. The van der Waals surface area contributed by atoms with Gasteiger partial charge in [-0.25, -0.2) is 9.59 Å². The molecule has 2 saturated heterocycles. The topological polar surface area (TPSA) is 71.1 Å². The van der Waals surface area contributed by atoms with Crippen LogP contribution in [0.25, 0.3) is 10.8 Å². The maximum Gasteiger partial charge on any atom is 0.337 e. The quantitative estimate of drug-likeness (QED) is 0.568. The van der Waals surface area contributed by atoms with Crippen LogP contribution in [0.2, 0.25) is 0 Å². The van der Waals surface area contributed by atoms with E-state index in [9.17, 15) is 9.59 Å². The van der Waals surface area contributed by atoms with Crippen molar-refractivity contribution in [1.29, 1.82) is 0 Å². The molecule has 4 bridgehead atoms. The molecular formula is C24H18O6. The second-order valence-corrected chi connectivity index (χ2v) is 8.54. The number of rotatable bonds is 2. The molecule has 0 N–H and O–H groups in total. The van der Waals surface area contributed by atoms with Crippen LogP contribution in [0.3, 0.4) is 0 Å². The van der Waals surface area contributed by atoms with Crippen molar-refractivity contribution in [2.45, 2.75) is 23.4 Å². The first kappa shape index (κ1) is 16.8. The molecule has 1 aliphatic carbocycles. The van der Waals surface area contributed by atoms with Crippen molar-refractivity contribution in [3.05, 3.63) is 70.8 Å². The predicted octanol–water partition coefficient (Wildman–Crippen LogP) is 2.50. The van der Waals surface area contributed by atoms with Crippen molar-refractivity contribution in [1.82, 2.24) is 0 Å². The summed E-state index contributed by atoms with van der Waals surface area (Å²) in [5, 5.41) is 2.05. The molecule has 6 atom stereocenters. The van der Waals surface area contributed by atoms with E-state index in [0.717, 1.165) is 21.9 Å². The van der Waals surface area contributed by atoms with E-state index >= 15 is 0 Å². The number of hydrogen-bond donors (Lipinski definition) is 0. The van der Waals surface area contributed by atoms with Crippen molar-refractivity contribution in [3.8, 4) is 0 Å². The molecule has 6 heteroatoms. The summed E-state index contributed by atoms with van der Waals surface area (Å²) in [6.45, 7) is 0. The van der Waals surface area contributed by atoms with Crippen LogP contribution in [-0.4, -0.2) is 38.4 Å². The van der Waals surface area contributed by atoms with E-state index in [1.165, 1.54) is 14.2 Å². The Morgan fingerprint density at radius 3 is 2.43 bits per heavy atom. The van der Waals surface area contributed by atoms with Gasteiger partial charge in [-0.1, -0.05) is 42.5 Å². The van der Waals surface area contributed by atoms with Crippen molar-refractivity contribution in [2.24, 2.45) is 11.8 Å². The van der Waals surface area contributed by atoms with Crippen LogP contribution in [0.5, 0.6) is 0 Å². The summed E-state index contributed by atoms with van der Waals surface area (Å²) < 4.78 is 23.6. The van der Waals surface area contributed by atoms with Gasteiger partial charge in [-0.15, -0.1) is 0 Å². The Bertz CT molecular complexity index is 1250. The second-order valence-electron chi connectivity index (χ2n) is 8.54. The van der Waals surface area contributed by atoms with Crippen LogP contribution in [0.15, 0.2) is 59.7 Å². The van der Waals surface area contributed by atoms with Crippen molar-refractivity contribution < 1.29 is 28.5 Å². The Morgan fingerprint density at radius 1 is 0.967 bits per heavy atom. The molecule has 5 aliphatic rings. The molecule has 2 aromatic rings. The highest BCUT2D eigenvalue weighted by atomic mass is 16.6. The van der Waals surface area contributed by atoms with Crippen molar-refractivity contribution in [2.75, 3.05) is 14.2 Å². The Morgan fingerprint density at radius 2 is 1.70 bits per heavy atom. The molecule has 2 fully saturated rings. The van der Waals surface area contributed by atoms with E-state index in [1.54, 1.807) is 0 Å². The van der Waals surface area contributed by atoms with Gasteiger partial charge in [0.05, 0.1) is 37.6 Å². The molecule has 4 aliphatic heterocycles. The highest BCUT2D eigenvalue weighted by molar-refractivity contribution is 6.06. The summed E-state index contributed by atoms with van der Waals surface area (Å²) in [5.74, 6) is -1.36. The van der Waals surface area contributed by atoms with Crippen LogP contribution in [0.4, 0.5) is 0 Å². The summed E-state index contributed by atoms with van der Waals surface area (Å²) >= 11 is 0. The Kier molecular flexibility index (Phi) is 2.81. The summed E-state index contributed by atoms with van der Waals surface area (Å²) in [4.78, 5) is 26.0. The van der Waals surface area contributed by atoms with Crippen LogP contribution >= 0.6 is 0 Å². The lowest BCUT2D eigenvalue weighted by Gasteiger charge is -2.47. The van der Waals surface area contributed by atoms with Crippen LogP contribution in [0, 0.1) is 11.8 Å². The van der Waals surface area contributed by atoms with E-state index < -0.39 is 29.2 Å². The van der Waals surface area contributed by atoms with Gasteiger partial charge in [-0.2, -0.15) is 0 Å². The first-order chi connectivity index (χ1) is 14.6. The number of esters is 2. The molecule has 0 aromatic heterocycles. The molecule has 2 spiro atoms. The van der Waals surface area contributed by atoms with Crippen molar-refractivity contribution in [3.63, 3.8) is 0 Å². The molecule has 150 valence electrons. The molecule has 30 heavy (non-hydrogen) atoms. The Hall–Kier alpha value is -2.96. The van der Waals surface area contributed by atoms with Gasteiger partial charge >= 0.3 is 11.9 Å². The SMILES string of the molecule is COC(=O)C1=C(C(=O)OC)[C@@]23O[C@@H]1C1C2[C@@]2(C=C[C@H]1O2)c1cccc2cccc3c12. The molecule has 7 rings (SSSR count). The fourth-order valence-corrected chi connectivity index (χ4v) is 6.84. The molecule has 0 saturated carbocycles. The van der Waals surface area contributed by atoms with Gasteiger partial charge < -0.3 is 18.9 Å². The number of fused-ring (bicyclic) bond motifs is 4. The van der Waals surface area contributed by atoms with Crippen molar-refractivity contribution >= 4 is 22.7 Å². The molecule has 0 amide bonds. The summed E-state index contributed by atoms with van der Waals surface area (Å²) in [7, 11) is 2.65. The molecule has 4 heterocycles. The molecule has 2 unspecified atom stereocenters. The summed E-state index contributed by atoms with van der Waals surface area (Å²) in [6.07, 6.45) is 3.41. The standard InChI is InChI=1S/C24H18O6/c1-27-21(25)17-18(22(26)28-2)24-13-8-4-6-11-5-3-7-12(15(11)13)23-10-9-14(29-23)16(20(23)24)19(17)30-24/h3-10,14,16,19-20H,1-2H3/t14-,16?,19-,20?,23-,24-/m1/s1. The van der Waals surface area contributed by atoms with Gasteiger partial charge in [-0.3, -0.25) is 0 Å². The van der Waals surface area contributed by atoms with E-state index in [1.807, 2.05) is 30.3 Å². The largest absolute Gasteiger partial charge is 0.466 e. The van der Waals surface area contributed by atoms with Gasteiger partial charge in [-0.05, 0) is 28.0 Å². The minimum Gasteiger partial charge on any atom is -0.466 e. The number of carbonyl (C=O) groups excluding carboxylic acids is 2. The number of carbonyl (C=O) groups is 2. The van der Waals surface area contributed by atoms with Gasteiger partial charge in [0.25, 0.3) is 0 Å². The number of hydrogen-bond acceptors (Lipinski definition) is 6. The second kappa shape index (κ2) is 5.02. The van der Waals surface area contributed by atoms with E-state index in [2.05, 4.69) is 18.2 Å². The first-order valence-corrected chi connectivity index (χ1v) is 10.1. The average Bonchev–Trinajstić information content (AvgIpc) is 3.52. The normalized spacial score (nSPS) is 38.3. The van der Waals surface area contributed by atoms with E-state index in [-0.39, 0.29) is 29.1 Å². The molecule has 2 aromatic carbocycles. The summed E-state index contributed by atoms with van der Waals surface area (Å²) in [5.41, 5.74) is 0.698. The molecule has 6 nitrogen and oxygen atoms in total. The zero-order valence-electron chi connectivity index (χ0n) is 16.4. The first-order valence-electron chi connectivity index (χ1n) is 10.1. The minimum atomic E-state index is -1.11. The smallest absolute Gasteiger partial charge is 0.337 e. The highest BCUT2D eigenvalue weighted by Gasteiger charge is 2.79. The van der Waals surface area contributed by atoms with E-state index in [0.29, 0.717) is 0 Å². The lowest BCUT2D eigenvalue weighted by atomic mass is 9.54. The van der Waals surface area contributed by atoms with Gasteiger partial charge in [0.1, 0.15) is 11.2 Å². The molecule has 0 radical (unpaired) electrons. The fraction of sp³-hybridized carbons (Fsp3) is 0.333. The maximum absolute atomic E-state index is 13.1. The van der Waals surface area contributed by atoms with Crippen LogP contribution in [-0.2, 0) is 39.7 Å².